The highest BCUT2D eigenvalue weighted by Crippen LogP contribution is 2.42. The summed E-state index contributed by atoms with van der Waals surface area (Å²) >= 11 is 0. The Hall–Kier alpha value is -2.69. The lowest BCUT2D eigenvalue weighted by molar-refractivity contribution is -0.191. The molecular weight excluding hydrogens is 368 g/mol. The topological polar surface area (TPSA) is 185 Å². The smallest absolute Gasteiger partial charge is 0.305 e. The summed E-state index contributed by atoms with van der Waals surface area (Å²) in [5, 5.41) is 36.6. The molecule has 11 nitrogen and oxygen atoms in total. The molecule has 0 unspecified atom stereocenters. The number of hydrogen-bond acceptors (Lipinski definition) is 7. The number of hydrogen-bond donors (Lipinski definition) is 4. The molecule has 0 aliphatic carbocycles. The molecule has 152 valence electrons. The third kappa shape index (κ3) is 7.21. The van der Waals surface area contributed by atoms with Gasteiger partial charge in [0.1, 0.15) is 6.61 Å². The molecule has 5 atom stereocenters. The van der Waals surface area contributed by atoms with Gasteiger partial charge >= 0.3 is 29.8 Å². The molecule has 0 aromatic heterocycles. The Kier molecular flexibility index (Phi) is 8.16. The van der Waals surface area contributed by atoms with Crippen LogP contribution in [0, 0.1) is 17.8 Å². The van der Waals surface area contributed by atoms with Crippen LogP contribution in [0.3, 0.4) is 0 Å². The highest BCUT2D eigenvalue weighted by Gasteiger charge is 2.48. The van der Waals surface area contributed by atoms with Crippen molar-refractivity contribution in [3.8, 4) is 0 Å². The molecule has 0 bridgehead atoms. The van der Waals surface area contributed by atoms with Gasteiger partial charge in [-0.25, -0.2) is 0 Å². The second-order valence-corrected chi connectivity index (χ2v) is 6.40. The summed E-state index contributed by atoms with van der Waals surface area (Å²) in [6, 6.07) is 0. The zero-order valence-electron chi connectivity index (χ0n) is 14.6. The summed E-state index contributed by atoms with van der Waals surface area (Å²) in [7, 11) is 0. The van der Waals surface area contributed by atoms with Crippen molar-refractivity contribution in [2.24, 2.45) is 17.8 Å². The van der Waals surface area contributed by atoms with Gasteiger partial charge in [0.2, 0.25) is 0 Å². The number of rotatable bonds is 10. The maximum Gasteiger partial charge on any atom is 0.305 e. The Balaban J connectivity index is 3.29. The Bertz CT molecular complexity index is 599. The van der Waals surface area contributed by atoms with Crippen LogP contribution >= 0.6 is 0 Å². The quantitative estimate of drug-likeness (QED) is 0.370. The van der Waals surface area contributed by atoms with Crippen LogP contribution in [-0.2, 0) is 33.4 Å². The third-order valence-electron chi connectivity index (χ3n) is 4.46. The van der Waals surface area contributed by atoms with Gasteiger partial charge in [-0.3, -0.25) is 24.0 Å². The van der Waals surface area contributed by atoms with Crippen molar-refractivity contribution in [2.45, 2.75) is 44.8 Å². The van der Waals surface area contributed by atoms with Crippen molar-refractivity contribution in [1.29, 1.82) is 0 Å². The van der Waals surface area contributed by atoms with Crippen molar-refractivity contribution in [3.05, 3.63) is 0 Å². The van der Waals surface area contributed by atoms with E-state index in [1.54, 1.807) is 0 Å². The summed E-state index contributed by atoms with van der Waals surface area (Å²) in [5.41, 5.74) is 0. The van der Waals surface area contributed by atoms with Crippen LogP contribution in [0.5, 0.6) is 0 Å². The molecule has 4 N–H and O–H groups in total. The van der Waals surface area contributed by atoms with Crippen molar-refractivity contribution in [2.75, 3.05) is 6.61 Å². The van der Waals surface area contributed by atoms with Crippen molar-refractivity contribution in [3.63, 3.8) is 0 Å². The molecule has 0 radical (unpaired) electrons. The predicted octanol–water partition coefficient (Wildman–Crippen LogP) is 0.0643. The molecule has 0 aromatic rings. The van der Waals surface area contributed by atoms with Crippen LogP contribution in [0.4, 0.5) is 0 Å². The van der Waals surface area contributed by atoms with Gasteiger partial charge in [0.15, 0.2) is 0 Å². The molecule has 1 fully saturated rings. The van der Waals surface area contributed by atoms with Gasteiger partial charge in [0.25, 0.3) is 0 Å². The van der Waals surface area contributed by atoms with Crippen molar-refractivity contribution in [1.82, 2.24) is 0 Å². The van der Waals surface area contributed by atoms with Gasteiger partial charge in [-0.05, 0) is 11.8 Å². The van der Waals surface area contributed by atoms with Crippen LogP contribution in [0.15, 0.2) is 0 Å². The zero-order valence-corrected chi connectivity index (χ0v) is 14.6. The van der Waals surface area contributed by atoms with Crippen molar-refractivity contribution < 1.29 is 53.9 Å². The van der Waals surface area contributed by atoms with E-state index in [1.807, 2.05) is 0 Å². The lowest BCUT2D eigenvalue weighted by Gasteiger charge is -2.45. The molecular formula is C16H22O11. The van der Waals surface area contributed by atoms with Crippen LogP contribution in [0.2, 0.25) is 0 Å². The highest BCUT2D eigenvalue weighted by molar-refractivity contribution is 5.71. The minimum Gasteiger partial charge on any atom is -0.481 e. The Labute approximate surface area is 153 Å². The average molecular weight is 390 g/mol. The maximum atomic E-state index is 11.3. The minimum absolute atomic E-state index is 0.390. The first-order valence-corrected chi connectivity index (χ1v) is 8.17. The van der Waals surface area contributed by atoms with E-state index in [9.17, 15) is 34.2 Å². The third-order valence-corrected chi connectivity index (χ3v) is 4.46. The molecule has 0 spiro atoms. The van der Waals surface area contributed by atoms with Gasteiger partial charge in [0, 0.05) is 19.3 Å². The molecule has 1 heterocycles. The summed E-state index contributed by atoms with van der Waals surface area (Å²) in [6.45, 7) is 0.727. The van der Waals surface area contributed by atoms with Crippen LogP contribution in [-0.4, -0.2) is 69.1 Å². The molecule has 1 aliphatic rings. The minimum atomic E-state index is -1.29. The number of ether oxygens (including phenoxy) is 2. The lowest BCUT2D eigenvalue weighted by atomic mass is 9.69. The van der Waals surface area contributed by atoms with Crippen LogP contribution < -0.4 is 0 Å². The molecule has 1 aliphatic heterocycles. The summed E-state index contributed by atoms with van der Waals surface area (Å²) in [4.78, 5) is 56.0. The largest absolute Gasteiger partial charge is 0.481 e. The number of aliphatic carboxylic acids is 4. The zero-order chi connectivity index (χ0) is 20.7. The van der Waals surface area contributed by atoms with Gasteiger partial charge in [-0.2, -0.15) is 0 Å². The average Bonchev–Trinajstić information content (AvgIpc) is 2.49. The number of carbonyl (C=O) groups excluding carboxylic acids is 1. The standard InChI is InChI=1S/C16H22O11/c1-7(17)26-6-12-10(4-15(22)23)8(2-13(18)19)9(3-14(20)21)11(27-12)5-16(24)25/h8-12H,2-6H2,1H3,(H,18,19)(H,20,21)(H,22,23)(H,24,25)/t8-,9+,10+,11-,12-/m0/s1. The van der Waals surface area contributed by atoms with E-state index in [-0.39, 0.29) is 6.61 Å². The van der Waals surface area contributed by atoms with Gasteiger partial charge < -0.3 is 29.9 Å². The fourth-order valence-corrected chi connectivity index (χ4v) is 3.50. The Morgan fingerprint density at radius 3 is 1.52 bits per heavy atom. The van der Waals surface area contributed by atoms with E-state index in [1.165, 1.54) is 0 Å². The van der Waals surface area contributed by atoms with Gasteiger partial charge in [-0.1, -0.05) is 0 Å². The Morgan fingerprint density at radius 1 is 0.704 bits per heavy atom. The van der Waals surface area contributed by atoms with Gasteiger partial charge in [0.05, 0.1) is 31.5 Å². The van der Waals surface area contributed by atoms with Crippen LogP contribution in [0.25, 0.3) is 0 Å². The monoisotopic (exact) mass is 390 g/mol. The molecule has 1 rings (SSSR count). The first kappa shape index (κ1) is 22.4. The molecule has 0 aromatic carbocycles. The molecule has 1 saturated heterocycles. The normalized spacial score (nSPS) is 27.5. The predicted molar refractivity (Wildman–Crippen MR) is 84.8 cm³/mol. The Morgan fingerprint density at radius 2 is 1.11 bits per heavy atom. The maximum absolute atomic E-state index is 11.3. The summed E-state index contributed by atoms with van der Waals surface area (Å²) < 4.78 is 10.5. The van der Waals surface area contributed by atoms with Crippen molar-refractivity contribution >= 4 is 29.8 Å². The first-order valence-electron chi connectivity index (χ1n) is 8.17. The summed E-state index contributed by atoms with van der Waals surface area (Å²) in [6.07, 6.45) is -4.50. The van der Waals surface area contributed by atoms with E-state index >= 15 is 0 Å². The van der Waals surface area contributed by atoms with Crippen LogP contribution in [0.1, 0.15) is 32.6 Å². The molecule has 0 amide bonds. The number of carbonyl (C=O) groups is 5. The van der Waals surface area contributed by atoms with E-state index in [0.717, 1.165) is 6.92 Å². The first-order chi connectivity index (χ1) is 12.5. The van der Waals surface area contributed by atoms with E-state index in [2.05, 4.69) is 0 Å². The molecule has 11 heteroatoms. The highest BCUT2D eigenvalue weighted by atomic mass is 16.6. The fourth-order valence-electron chi connectivity index (χ4n) is 3.50. The lowest BCUT2D eigenvalue weighted by Crippen LogP contribution is -2.52. The van der Waals surface area contributed by atoms with Gasteiger partial charge in [-0.15, -0.1) is 0 Å². The van der Waals surface area contributed by atoms with E-state index in [4.69, 9.17) is 19.7 Å². The molecule has 0 saturated carbocycles. The van der Waals surface area contributed by atoms with E-state index < -0.39 is 85.5 Å². The number of esters is 1. The van der Waals surface area contributed by atoms with E-state index in [0.29, 0.717) is 0 Å². The molecule has 27 heavy (non-hydrogen) atoms. The number of carboxylic acids is 4. The second-order valence-electron chi connectivity index (χ2n) is 6.40. The fraction of sp³-hybridized carbons (Fsp3) is 0.688. The summed E-state index contributed by atoms with van der Waals surface area (Å²) in [5.74, 6) is -8.77. The second kappa shape index (κ2) is 9.86. The SMILES string of the molecule is CC(=O)OC[C@@H]1O[C@@H](CC(=O)O)[C@H](CC(=O)O)[C@H](CC(=O)O)[C@H]1CC(=O)O. The number of carboxylic acid groups (broad SMARTS) is 4.